The van der Waals surface area contributed by atoms with Crippen molar-refractivity contribution in [1.29, 1.82) is 0 Å². The molecule has 0 spiro atoms. The SMILES string of the molecule is Cc1nc(-c2ccccc2NC(=O)c2sc(-c3ccc(C(F)(F)F)cc3)nc2C)no1. The van der Waals surface area contributed by atoms with Crippen LogP contribution in [-0.4, -0.2) is 21.0 Å². The van der Waals surface area contributed by atoms with Crippen LogP contribution in [0.1, 0.15) is 26.8 Å². The van der Waals surface area contributed by atoms with E-state index in [2.05, 4.69) is 20.4 Å². The van der Waals surface area contributed by atoms with E-state index in [0.29, 0.717) is 44.1 Å². The molecule has 2 aromatic heterocycles. The quantitative estimate of drug-likeness (QED) is 0.434. The van der Waals surface area contributed by atoms with Gasteiger partial charge in [0.1, 0.15) is 9.88 Å². The number of nitrogens with zero attached hydrogens (tertiary/aromatic N) is 3. The summed E-state index contributed by atoms with van der Waals surface area (Å²) in [6, 6.07) is 11.7. The number of hydrogen-bond acceptors (Lipinski definition) is 6. The standard InChI is InChI=1S/C21H15F3N4O2S/c1-11-17(31-20(25-11)13-7-9-14(10-8-13)21(22,23)24)19(29)27-16-6-4-3-5-15(16)18-26-12(2)30-28-18/h3-10H,1-2H3,(H,27,29). The van der Waals surface area contributed by atoms with Crippen LogP contribution in [0.5, 0.6) is 0 Å². The van der Waals surface area contributed by atoms with Crippen LogP contribution < -0.4 is 5.32 Å². The number of hydrogen-bond donors (Lipinski definition) is 1. The van der Waals surface area contributed by atoms with Gasteiger partial charge in [-0.3, -0.25) is 4.79 Å². The lowest BCUT2D eigenvalue weighted by atomic mass is 10.1. The van der Waals surface area contributed by atoms with Crippen LogP contribution in [0.15, 0.2) is 53.1 Å². The van der Waals surface area contributed by atoms with Gasteiger partial charge in [0.25, 0.3) is 5.91 Å². The fourth-order valence-corrected chi connectivity index (χ4v) is 3.87. The zero-order valence-electron chi connectivity index (χ0n) is 16.3. The van der Waals surface area contributed by atoms with E-state index >= 15 is 0 Å². The van der Waals surface area contributed by atoms with E-state index in [4.69, 9.17) is 4.52 Å². The van der Waals surface area contributed by atoms with Gasteiger partial charge in [-0.05, 0) is 31.2 Å². The molecule has 1 amide bonds. The Hall–Kier alpha value is -3.53. The predicted octanol–water partition coefficient (Wildman–Crippen LogP) is 5.75. The molecule has 0 atom stereocenters. The van der Waals surface area contributed by atoms with Crippen LogP contribution in [0, 0.1) is 13.8 Å². The van der Waals surface area contributed by atoms with Gasteiger partial charge >= 0.3 is 6.18 Å². The van der Waals surface area contributed by atoms with Gasteiger partial charge in [-0.1, -0.05) is 29.4 Å². The third-order valence-corrected chi connectivity index (χ3v) is 5.61. The van der Waals surface area contributed by atoms with Crippen LogP contribution in [0.25, 0.3) is 22.0 Å². The topological polar surface area (TPSA) is 80.9 Å². The molecule has 4 rings (SSSR count). The molecular weight excluding hydrogens is 429 g/mol. The van der Waals surface area contributed by atoms with Gasteiger partial charge in [0.2, 0.25) is 11.7 Å². The molecule has 10 heteroatoms. The van der Waals surface area contributed by atoms with E-state index in [9.17, 15) is 18.0 Å². The lowest BCUT2D eigenvalue weighted by Gasteiger charge is -2.08. The summed E-state index contributed by atoms with van der Waals surface area (Å²) < 4.78 is 43.3. The zero-order chi connectivity index (χ0) is 22.2. The van der Waals surface area contributed by atoms with E-state index < -0.39 is 11.7 Å². The Kier molecular flexibility index (Phi) is 5.32. The number of aromatic nitrogens is 3. The number of halogens is 3. The Morgan fingerprint density at radius 3 is 2.39 bits per heavy atom. The molecule has 31 heavy (non-hydrogen) atoms. The Balaban J connectivity index is 1.59. The Bertz CT molecular complexity index is 1250. The number of thiazole rings is 1. The lowest BCUT2D eigenvalue weighted by molar-refractivity contribution is -0.137. The third kappa shape index (κ3) is 4.33. The van der Waals surface area contributed by atoms with Crippen molar-refractivity contribution in [3.8, 4) is 22.0 Å². The van der Waals surface area contributed by atoms with Gasteiger partial charge in [-0.15, -0.1) is 11.3 Å². The molecule has 2 heterocycles. The Morgan fingerprint density at radius 2 is 1.74 bits per heavy atom. The van der Waals surface area contributed by atoms with Crippen molar-refractivity contribution in [2.45, 2.75) is 20.0 Å². The normalized spacial score (nSPS) is 11.5. The van der Waals surface area contributed by atoms with E-state index in [1.165, 1.54) is 12.1 Å². The summed E-state index contributed by atoms with van der Waals surface area (Å²) in [5, 5.41) is 7.17. The average Bonchev–Trinajstić information content (AvgIpc) is 3.33. The number of carbonyl (C=O) groups is 1. The highest BCUT2D eigenvalue weighted by Gasteiger charge is 2.30. The first-order chi connectivity index (χ1) is 14.7. The van der Waals surface area contributed by atoms with Gasteiger partial charge in [-0.25, -0.2) is 4.98 Å². The minimum atomic E-state index is -4.41. The maximum atomic E-state index is 12.9. The fourth-order valence-electron chi connectivity index (χ4n) is 2.91. The van der Waals surface area contributed by atoms with Gasteiger partial charge in [0, 0.05) is 18.1 Å². The second kappa shape index (κ2) is 7.95. The van der Waals surface area contributed by atoms with Crippen molar-refractivity contribution in [1.82, 2.24) is 15.1 Å². The largest absolute Gasteiger partial charge is 0.416 e. The molecule has 1 N–H and O–H groups in total. The van der Waals surface area contributed by atoms with Gasteiger partial charge in [0.15, 0.2) is 0 Å². The van der Waals surface area contributed by atoms with Crippen LogP contribution >= 0.6 is 11.3 Å². The molecule has 0 radical (unpaired) electrons. The minimum Gasteiger partial charge on any atom is -0.339 e. The van der Waals surface area contributed by atoms with Gasteiger partial charge in [0.05, 0.1) is 16.9 Å². The first-order valence-electron chi connectivity index (χ1n) is 9.08. The summed E-state index contributed by atoms with van der Waals surface area (Å²) in [5.74, 6) is 0.358. The van der Waals surface area contributed by atoms with Gasteiger partial charge in [-0.2, -0.15) is 18.2 Å². The number of alkyl halides is 3. The summed E-state index contributed by atoms with van der Waals surface area (Å²) in [5.41, 5.74) is 1.33. The maximum absolute atomic E-state index is 12.9. The second-order valence-corrected chi connectivity index (χ2v) is 7.64. The summed E-state index contributed by atoms with van der Waals surface area (Å²) in [4.78, 5) is 21.8. The van der Waals surface area contributed by atoms with Crippen molar-refractivity contribution in [3.63, 3.8) is 0 Å². The van der Waals surface area contributed by atoms with Crippen molar-refractivity contribution in [2.24, 2.45) is 0 Å². The number of rotatable bonds is 4. The summed E-state index contributed by atoms with van der Waals surface area (Å²) >= 11 is 1.10. The molecule has 0 saturated carbocycles. The van der Waals surface area contributed by atoms with Crippen molar-refractivity contribution < 1.29 is 22.5 Å². The van der Waals surface area contributed by atoms with Crippen LogP contribution in [-0.2, 0) is 6.18 Å². The summed E-state index contributed by atoms with van der Waals surface area (Å²) in [6.45, 7) is 3.34. The fraction of sp³-hybridized carbons (Fsp3) is 0.143. The van der Waals surface area contributed by atoms with E-state index in [1.807, 2.05) is 0 Å². The number of benzene rings is 2. The highest BCUT2D eigenvalue weighted by atomic mass is 32.1. The van der Waals surface area contributed by atoms with Crippen LogP contribution in [0.2, 0.25) is 0 Å². The summed E-state index contributed by atoms with van der Waals surface area (Å²) in [6.07, 6.45) is -4.41. The molecule has 0 aliphatic rings. The average molecular weight is 444 g/mol. The number of aryl methyl sites for hydroxylation is 2. The zero-order valence-corrected chi connectivity index (χ0v) is 17.1. The number of anilines is 1. The first kappa shape index (κ1) is 20.7. The molecule has 0 fully saturated rings. The number of nitrogens with one attached hydrogen (secondary N) is 1. The highest BCUT2D eigenvalue weighted by molar-refractivity contribution is 7.17. The Morgan fingerprint density at radius 1 is 1.03 bits per heavy atom. The third-order valence-electron chi connectivity index (χ3n) is 4.41. The monoisotopic (exact) mass is 444 g/mol. The minimum absolute atomic E-state index is 0.347. The number of amides is 1. The molecule has 0 aliphatic heterocycles. The van der Waals surface area contributed by atoms with Crippen molar-refractivity contribution in [2.75, 3.05) is 5.32 Å². The predicted molar refractivity (Wildman–Crippen MR) is 110 cm³/mol. The van der Waals surface area contributed by atoms with Crippen LogP contribution in [0.4, 0.5) is 18.9 Å². The summed E-state index contributed by atoms with van der Waals surface area (Å²) in [7, 11) is 0. The van der Waals surface area contributed by atoms with E-state index in [0.717, 1.165) is 23.5 Å². The van der Waals surface area contributed by atoms with Crippen molar-refractivity contribution >= 4 is 22.9 Å². The molecule has 2 aromatic carbocycles. The maximum Gasteiger partial charge on any atom is 0.416 e. The molecule has 158 valence electrons. The lowest BCUT2D eigenvalue weighted by Crippen LogP contribution is -2.12. The number of para-hydroxylation sites is 1. The smallest absolute Gasteiger partial charge is 0.339 e. The van der Waals surface area contributed by atoms with Crippen molar-refractivity contribution in [3.05, 3.63) is 70.6 Å². The molecular formula is C21H15F3N4O2S. The van der Waals surface area contributed by atoms with Crippen LogP contribution in [0.3, 0.4) is 0 Å². The first-order valence-corrected chi connectivity index (χ1v) is 9.90. The van der Waals surface area contributed by atoms with E-state index in [-0.39, 0.29) is 5.91 Å². The highest BCUT2D eigenvalue weighted by Crippen LogP contribution is 2.33. The molecule has 0 aliphatic carbocycles. The molecule has 6 nitrogen and oxygen atoms in total. The number of carbonyl (C=O) groups excluding carboxylic acids is 1. The Labute approximate surface area is 178 Å². The molecule has 0 bridgehead atoms. The second-order valence-electron chi connectivity index (χ2n) is 6.65. The van der Waals surface area contributed by atoms with E-state index in [1.54, 1.807) is 38.1 Å². The molecule has 0 unspecified atom stereocenters. The van der Waals surface area contributed by atoms with Gasteiger partial charge < -0.3 is 9.84 Å². The molecule has 4 aromatic rings. The molecule has 0 saturated heterocycles.